The van der Waals surface area contributed by atoms with Crippen molar-refractivity contribution in [3.05, 3.63) is 34.9 Å². The molecule has 4 rings (SSSR count). The van der Waals surface area contributed by atoms with E-state index in [2.05, 4.69) is 27.2 Å². The van der Waals surface area contributed by atoms with Crippen molar-refractivity contribution in [1.29, 1.82) is 0 Å². The zero-order valence-corrected chi connectivity index (χ0v) is 16.3. The molecule has 3 heterocycles. The number of amides is 1. The maximum Gasteiger partial charge on any atom is 0.253 e. The minimum Gasteiger partial charge on any atom is -0.339 e. The average molecular weight is 386 g/mol. The molecule has 0 aromatic heterocycles. The number of hydrogen-bond acceptors (Lipinski definition) is 3. The van der Waals surface area contributed by atoms with Crippen molar-refractivity contribution in [2.75, 3.05) is 32.7 Å². The first kappa shape index (κ1) is 20.5. The lowest BCUT2D eigenvalue weighted by atomic mass is 9.95. The third kappa shape index (κ3) is 4.68. The molecule has 0 radical (unpaired) electrons. The van der Waals surface area contributed by atoms with Crippen molar-refractivity contribution in [1.82, 2.24) is 15.1 Å². The van der Waals surface area contributed by atoms with Crippen LogP contribution in [0.15, 0.2) is 18.2 Å². The molecule has 140 valence electrons. The second-order valence-electron chi connectivity index (χ2n) is 7.33. The SMILES string of the molecule is Cl.Cl.O=C(c1ccc2c(c1)CNC2)N1CCC(CN2CCCC2)CC1. The zero-order chi connectivity index (χ0) is 15.6. The van der Waals surface area contributed by atoms with Gasteiger partial charge in [0.1, 0.15) is 0 Å². The number of piperidine rings is 1. The molecule has 4 nitrogen and oxygen atoms in total. The van der Waals surface area contributed by atoms with Crippen LogP contribution in [-0.4, -0.2) is 48.4 Å². The molecule has 0 bridgehead atoms. The lowest BCUT2D eigenvalue weighted by Crippen LogP contribution is -2.41. The summed E-state index contributed by atoms with van der Waals surface area (Å²) in [5.74, 6) is 1.00. The number of likely N-dealkylation sites (tertiary alicyclic amines) is 2. The van der Waals surface area contributed by atoms with Crippen molar-refractivity contribution < 1.29 is 4.79 Å². The summed E-state index contributed by atoms with van der Waals surface area (Å²) >= 11 is 0. The Morgan fingerprint density at radius 1 is 1.00 bits per heavy atom. The zero-order valence-electron chi connectivity index (χ0n) is 14.7. The first-order valence-corrected chi connectivity index (χ1v) is 9.14. The van der Waals surface area contributed by atoms with Crippen LogP contribution in [0.25, 0.3) is 0 Å². The van der Waals surface area contributed by atoms with Gasteiger partial charge in [0.2, 0.25) is 0 Å². The highest BCUT2D eigenvalue weighted by molar-refractivity contribution is 5.94. The van der Waals surface area contributed by atoms with Crippen LogP contribution in [0.2, 0.25) is 0 Å². The number of nitrogens with zero attached hydrogens (tertiary/aromatic N) is 2. The summed E-state index contributed by atoms with van der Waals surface area (Å²) in [4.78, 5) is 17.4. The molecule has 6 heteroatoms. The van der Waals surface area contributed by atoms with E-state index in [-0.39, 0.29) is 30.7 Å². The normalized spacial score (nSPS) is 20.7. The van der Waals surface area contributed by atoms with E-state index >= 15 is 0 Å². The van der Waals surface area contributed by atoms with Crippen molar-refractivity contribution in [3.63, 3.8) is 0 Å². The van der Waals surface area contributed by atoms with Crippen molar-refractivity contribution in [2.24, 2.45) is 5.92 Å². The van der Waals surface area contributed by atoms with Gasteiger partial charge in [-0.15, -0.1) is 24.8 Å². The lowest BCUT2D eigenvalue weighted by molar-refractivity contribution is 0.0673. The van der Waals surface area contributed by atoms with Gasteiger partial charge in [-0.05, 0) is 68.0 Å². The smallest absolute Gasteiger partial charge is 0.253 e. The molecule has 0 aliphatic carbocycles. The summed E-state index contributed by atoms with van der Waals surface area (Å²) in [6, 6.07) is 6.21. The Hall–Kier alpha value is -0.810. The van der Waals surface area contributed by atoms with E-state index in [0.29, 0.717) is 0 Å². The van der Waals surface area contributed by atoms with Gasteiger partial charge in [0.15, 0.2) is 0 Å². The summed E-state index contributed by atoms with van der Waals surface area (Å²) in [5, 5.41) is 3.34. The van der Waals surface area contributed by atoms with Gasteiger partial charge in [0, 0.05) is 38.3 Å². The molecule has 2 fully saturated rings. The van der Waals surface area contributed by atoms with E-state index in [1.807, 2.05) is 6.07 Å². The second kappa shape index (κ2) is 9.22. The monoisotopic (exact) mass is 385 g/mol. The van der Waals surface area contributed by atoms with Crippen LogP contribution in [0.1, 0.15) is 47.2 Å². The van der Waals surface area contributed by atoms with Gasteiger partial charge < -0.3 is 15.1 Å². The number of nitrogens with one attached hydrogen (secondary N) is 1. The maximum atomic E-state index is 12.7. The molecule has 1 N–H and O–H groups in total. The van der Waals surface area contributed by atoms with E-state index in [0.717, 1.165) is 50.5 Å². The number of benzene rings is 1. The number of halogens is 2. The van der Waals surface area contributed by atoms with Crippen LogP contribution in [0.5, 0.6) is 0 Å². The molecule has 0 unspecified atom stereocenters. The Balaban J connectivity index is 0.00000113. The maximum absolute atomic E-state index is 12.7. The number of hydrogen-bond donors (Lipinski definition) is 1. The minimum absolute atomic E-state index is 0. The summed E-state index contributed by atoms with van der Waals surface area (Å²) in [6.45, 7) is 7.48. The van der Waals surface area contributed by atoms with E-state index in [1.54, 1.807) is 0 Å². The predicted octanol–water partition coefficient (Wildman–Crippen LogP) is 3.08. The Kier molecular flexibility index (Phi) is 7.56. The highest BCUT2D eigenvalue weighted by Gasteiger charge is 2.26. The number of fused-ring (bicyclic) bond motifs is 1. The molecular weight excluding hydrogens is 357 g/mol. The molecule has 1 amide bonds. The quantitative estimate of drug-likeness (QED) is 0.867. The molecule has 25 heavy (non-hydrogen) atoms. The van der Waals surface area contributed by atoms with Gasteiger partial charge in [-0.1, -0.05) is 6.07 Å². The summed E-state index contributed by atoms with van der Waals surface area (Å²) < 4.78 is 0. The van der Waals surface area contributed by atoms with Crippen LogP contribution in [-0.2, 0) is 13.1 Å². The first-order chi connectivity index (χ1) is 11.3. The van der Waals surface area contributed by atoms with E-state index < -0.39 is 0 Å². The molecule has 2 saturated heterocycles. The van der Waals surface area contributed by atoms with Crippen LogP contribution in [0.4, 0.5) is 0 Å². The fourth-order valence-electron chi connectivity index (χ4n) is 4.26. The van der Waals surface area contributed by atoms with Crippen LogP contribution >= 0.6 is 24.8 Å². The van der Waals surface area contributed by atoms with Gasteiger partial charge in [-0.2, -0.15) is 0 Å². The van der Waals surface area contributed by atoms with Gasteiger partial charge in [0.05, 0.1) is 0 Å². The fourth-order valence-corrected chi connectivity index (χ4v) is 4.26. The minimum atomic E-state index is 0. The Labute approximate surface area is 163 Å². The molecule has 1 aromatic carbocycles. The second-order valence-corrected chi connectivity index (χ2v) is 7.33. The van der Waals surface area contributed by atoms with Crippen LogP contribution in [0.3, 0.4) is 0 Å². The van der Waals surface area contributed by atoms with Gasteiger partial charge in [-0.25, -0.2) is 0 Å². The molecule has 1 aromatic rings. The Bertz CT molecular complexity index is 582. The van der Waals surface area contributed by atoms with Crippen molar-refractivity contribution in [3.8, 4) is 0 Å². The van der Waals surface area contributed by atoms with Crippen LogP contribution < -0.4 is 5.32 Å². The molecule has 0 saturated carbocycles. The molecular formula is C19H29Cl2N3O. The van der Waals surface area contributed by atoms with Gasteiger partial charge in [-0.3, -0.25) is 4.79 Å². The number of carbonyl (C=O) groups excluding carboxylic acids is 1. The van der Waals surface area contributed by atoms with Gasteiger partial charge in [0.25, 0.3) is 5.91 Å². The van der Waals surface area contributed by atoms with Crippen LogP contribution in [0, 0.1) is 5.92 Å². The average Bonchev–Trinajstić information content (AvgIpc) is 3.25. The lowest BCUT2D eigenvalue weighted by Gasteiger charge is -2.34. The molecule has 3 aliphatic rings. The standard InChI is InChI=1S/C19H27N3O.2ClH/c23-19(16-3-4-17-12-20-13-18(17)11-16)22-9-5-15(6-10-22)14-21-7-1-2-8-21;;/h3-4,11,15,20H,1-2,5-10,12-14H2;2*1H. The van der Waals surface area contributed by atoms with Crippen molar-refractivity contribution >= 4 is 30.7 Å². The highest BCUT2D eigenvalue weighted by atomic mass is 35.5. The first-order valence-electron chi connectivity index (χ1n) is 9.14. The van der Waals surface area contributed by atoms with E-state index in [9.17, 15) is 4.79 Å². The summed E-state index contributed by atoms with van der Waals surface area (Å²) in [6.07, 6.45) is 5.05. The van der Waals surface area contributed by atoms with Crippen molar-refractivity contribution in [2.45, 2.75) is 38.8 Å². The highest BCUT2D eigenvalue weighted by Crippen LogP contribution is 2.23. The number of rotatable bonds is 3. The Morgan fingerprint density at radius 2 is 1.68 bits per heavy atom. The number of carbonyl (C=O) groups is 1. The van der Waals surface area contributed by atoms with E-state index in [1.165, 1.54) is 43.6 Å². The third-order valence-corrected chi connectivity index (χ3v) is 5.70. The largest absolute Gasteiger partial charge is 0.339 e. The summed E-state index contributed by atoms with van der Waals surface area (Å²) in [7, 11) is 0. The molecule has 0 atom stereocenters. The summed E-state index contributed by atoms with van der Waals surface area (Å²) in [5.41, 5.74) is 3.50. The fraction of sp³-hybridized carbons (Fsp3) is 0.632. The third-order valence-electron chi connectivity index (χ3n) is 5.70. The van der Waals surface area contributed by atoms with Gasteiger partial charge >= 0.3 is 0 Å². The molecule has 0 spiro atoms. The molecule has 3 aliphatic heterocycles. The topological polar surface area (TPSA) is 35.6 Å². The van der Waals surface area contributed by atoms with E-state index in [4.69, 9.17) is 0 Å². The predicted molar refractivity (Wildman–Crippen MR) is 106 cm³/mol. The Morgan fingerprint density at radius 3 is 2.40 bits per heavy atom.